The molecular formula is C27H15NO4. The molecule has 32 heavy (non-hydrogen) atoms. The first-order valence-electron chi connectivity index (χ1n) is 9.89. The maximum atomic E-state index is 12.0. The fourth-order valence-corrected chi connectivity index (χ4v) is 3.97. The Morgan fingerprint density at radius 1 is 0.844 bits per heavy atom. The number of hydrogen-bond donors (Lipinski definition) is 1. The molecule has 0 radical (unpaired) electrons. The van der Waals surface area contributed by atoms with Gasteiger partial charge in [0.05, 0.1) is 17.2 Å². The van der Waals surface area contributed by atoms with Crippen molar-refractivity contribution >= 4 is 16.9 Å². The Bertz CT molecular complexity index is 1570. The van der Waals surface area contributed by atoms with Crippen molar-refractivity contribution < 1.29 is 14.3 Å². The Morgan fingerprint density at radius 2 is 1.59 bits per heavy atom. The van der Waals surface area contributed by atoms with E-state index in [1.54, 1.807) is 42.5 Å². The minimum atomic E-state index is -1.03. The van der Waals surface area contributed by atoms with Crippen LogP contribution in [0.5, 0.6) is 0 Å². The van der Waals surface area contributed by atoms with Crippen LogP contribution in [0.15, 0.2) is 94.1 Å². The highest BCUT2D eigenvalue weighted by Gasteiger charge is 2.21. The first kappa shape index (κ1) is 19.3. The highest BCUT2D eigenvalue weighted by molar-refractivity contribution is 6.07. The van der Waals surface area contributed by atoms with Crippen LogP contribution in [0.3, 0.4) is 0 Å². The molecule has 152 valence electrons. The third-order valence-electron chi connectivity index (χ3n) is 5.47. The van der Waals surface area contributed by atoms with E-state index in [4.69, 9.17) is 9.68 Å². The highest BCUT2D eigenvalue weighted by Crippen LogP contribution is 2.42. The summed E-state index contributed by atoms with van der Waals surface area (Å²) < 4.78 is 6.10. The van der Waals surface area contributed by atoms with Crippen molar-refractivity contribution in [3.63, 3.8) is 0 Å². The number of aromatic carboxylic acids is 1. The van der Waals surface area contributed by atoms with Gasteiger partial charge in [0.1, 0.15) is 11.3 Å². The van der Waals surface area contributed by atoms with Crippen LogP contribution in [-0.4, -0.2) is 11.1 Å². The SMILES string of the molecule is N#Cc1ccc(-c2ccc3c(-c4ccccc4C(=O)O)c4ccc(=O)cc-4oc3c2)cc1. The van der Waals surface area contributed by atoms with Crippen LogP contribution in [0.2, 0.25) is 0 Å². The molecule has 5 rings (SSSR count). The zero-order valence-electron chi connectivity index (χ0n) is 16.7. The molecule has 1 N–H and O–H groups in total. The number of nitrogens with zero attached hydrogens (tertiary/aromatic N) is 1. The van der Waals surface area contributed by atoms with Gasteiger partial charge in [-0.2, -0.15) is 5.26 Å². The lowest BCUT2D eigenvalue weighted by Gasteiger charge is -2.17. The van der Waals surface area contributed by atoms with Gasteiger partial charge in [0, 0.05) is 22.6 Å². The van der Waals surface area contributed by atoms with Gasteiger partial charge in [-0.25, -0.2) is 4.79 Å². The largest absolute Gasteiger partial charge is 0.478 e. The Balaban J connectivity index is 1.83. The molecule has 2 aliphatic rings. The number of carboxylic acid groups (broad SMARTS) is 1. The van der Waals surface area contributed by atoms with Crippen LogP contribution in [0.25, 0.3) is 44.5 Å². The number of hydrogen-bond acceptors (Lipinski definition) is 4. The van der Waals surface area contributed by atoms with Gasteiger partial charge in [-0.05, 0) is 59.2 Å². The molecular weight excluding hydrogens is 402 g/mol. The quantitative estimate of drug-likeness (QED) is 0.375. The van der Waals surface area contributed by atoms with E-state index in [1.807, 2.05) is 30.3 Å². The van der Waals surface area contributed by atoms with E-state index in [9.17, 15) is 14.7 Å². The van der Waals surface area contributed by atoms with Crippen LogP contribution in [0.4, 0.5) is 0 Å². The Kier molecular flexibility index (Phi) is 4.54. The lowest BCUT2D eigenvalue weighted by Crippen LogP contribution is -2.03. The van der Waals surface area contributed by atoms with E-state index >= 15 is 0 Å². The standard InChI is InChI=1S/C27H15NO4/c28-15-16-5-7-17(8-6-16)18-9-11-22-24(13-18)32-25-14-19(29)10-12-23(25)26(22)20-3-1-2-4-21(20)27(30)31/h1-14H,(H,30,31). The number of fused-ring (bicyclic) bond motifs is 2. The molecule has 0 amide bonds. The third-order valence-corrected chi connectivity index (χ3v) is 5.47. The molecule has 1 aliphatic carbocycles. The molecule has 0 bridgehead atoms. The van der Waals surface area contributed by atoms with E-state index in [1.165, 1.54) is 12.1 Å². The Morgan fingerprint density at radius 3 is 2.34 bits per heavy atom. The molecule has 3 aromatic carbocycles. The lowest BCUT2D eigenvalue weighted by molar-refractivity contribution is 0.0697. The second-order valence-electron chi connectivity index (χ2n) is 7.39. The van der Waals surface area contributed by atoms with E-state index in [2.05, 4.69) is 6.07 Å². The van der Waals surface area contributed by atoms with Crippen LogP contribution in [0, 0.1) is 11.3 Å². The van der Waals surface area contributed by atoms with Crippen molar-refractivity contribution in [2.24, 2.45) is 0 Å². The molecule has 1 heterocycles. The highest BCUT2D eigenvalue weighted by atomic mass is 16.4. The molecule has 1 aliphatic heterocycles. The van der Waals surface area contributed by atoms with E-state index in [-0.39, 0.29) is 11.0 Å². The average molecular weight is 417 g/mol. The van der Waals surface area contributed by atoms with Gasteiger partial charge >= 0.3 is 5.97 Å². The number of carboxylic acids is 1. The van der Waals surface area contributed by atoms with Gasteiger partial charge in [-0.3, -0.25) is 4.79 Å². The summed E-state index contributed by atoms with van der Waals surface area (Å²) >= 11 is 0. The van der Waals surface area contributed by atoms with Gasteiger partial charge in [0.15, 0.2) is 5.43 Å². The number of rotatable bonds is 3. The predicted octanol–water partition coefficient (Wildman–Crippen LogP) is 5.80. The van der Waals surface area contributed by atoms with Crippen LogP contribution in [0.1, 0.15) is 15.9 Å². The van der Waals surface area contributed by atoms with Crippen molar-refractivity contribution in [1.29, 1.82) is 5.26 Å². The molecule has 0 spiro atoms. The summed E-state index contributed by atoms with van der Waals surface area (Å²) in [6.45, 7) is 0. The molecule has 0 aromatic heterocycles. The monoisotopic (exact) mass is 417 g/mol. The molecule has 5 heteroatoms. The lowest BCUT2D eigenvalue weighted by atomic mass is 9.90. The Hall–Kier alpha value is -4.69. The molecule has 0 saturated heterocycles. The molecule has 3 aromatic rings. The third kappa shape index (κ3) is 3.21. The summed E-state index contributed by atoms with van der Waals surface area (Å²) in [5.74, 6) is -0.644. The average Bonchev–Trinajstić information content (AvgIpc) is 2.82. The van der Waals surface area contributed by atoms with Crippen molar-refractivity contribution in [3.8, 4) is 39.6 Å². The smallest absolute Gasteiger partial charge is 0.336 e. The summed E-state index contributed by atoms with van der Waals surface area (Å²) in [6, 6.07) is 26.3. The first-order chi connectivity index (χ1) is 15.5. The van der Waals surface area contributed by atoms with Gasteiger partial charge < -0.3 is 9.52 Å². The summed E-state index contributed by atoms with van der Waals surface area (Å²) in [5, 5.41) is 19.5. The minimum Gasteiger partial charge on any atom is -0.478 e. The fraction of sp³-hybridized carbons (Fsp3) is 0. The summed E-state index contributed by atoms with van der Waals surface area (Å²) in [5.41, 5.74) is 4.77. The second kappa shape index (κ2) is 7.53. The number of nitriles is 1. The van der Waals surface area contributed by atoms with Crippen molar-refractivity contribution in [3.05, 3.63) is 106 Å². The van der Waals surface area contributed by atoms with Crippen LogP contribution in [-0.2, 0) is 0 Å². The first-order valence-corrected chi connectivity index (χ1v) is 9.89. The maximum Gasteiger partial charge on any atom is 0.336 e. The number of carbonyl (C=O) groups is 1. The van der Waals surface area contributed by atoms with Crippen molar-refractivity contribution in [2.75, 3.05) is 0 Å². The van der Waals surface area contributed by atoms with Gasteiger partial charge in [0.25, 0.3) is 0 Å². The normalized spacial score (nSPS) is 10.8. The predicted molar refractivity (Wildman–Crippen MR) is 122 cm³/mol. The zero-order chi connectivity index (χ0) is 22.2. The van der Waals surface area contributed by atoms with E-state index in [0.717, 1.165) is 16.5 Å². The zero-order valence-corrected chi connectivity index (χ0v) is 16.7. The van der Waals surface area contributed by atoms with Gasteiger partial charge in [-0.1, -0.05) is 36.4 Å². The molecule has 5 nitrogen and oxygen atoms in total. The molecule has 0 fully saturated rings. The summed E-state index contributed by atoms with van der Waals surface area (Å²) in [7, 11) is 0. The molecule has 0 atom stereocenters. The van der Waals surface area contributed by atoms with Crippen LogP contribution >= 0.6 is 0 Å². The van der Waals surface area contributed by atoms with Gasteiger partial charge in [0.2, 0.25) is 0 Å². The maximum absolute atomic E-state index is 12.0. The number of benzene rings is 4. The van der Waals surface area contributed by atoms with E-state index < -0.39 is 5.97 Å². The topological polar surface area (TPSA) is 91.3 Å². The Labute approximate surface area is 182 Å². The van der Waals surface area contributed by atoms with Crippen molar-refractivity contribution in [1.82, 2.24) is 0 Å². The molecule has 0 unspecified atom stereocenters. The van der Waals surface area contributed by atoms with Crippen molar-refractivity contribution in [2.45, 2.75) is 0 Å². The minimum absolute atomic E-state index is 0.170. The van der Waals surface area contributed by atoms with E-state index in [0.29, 0.717) is 33.6 Å². The fourth-order valence-electron chi connectivity index (χ4n) is 3.97. The summed E-state index contributed by atoms with van der Waals surface area (Å²) in [4.78, 5) is 23.9. The second-order valence-corrected chi connectivity index (χ2v) is 7.39. The van der Waals surface area contributed by atoms with Crippen LogP contribution < -0.4 is 5.43 Å². The molecule has 0 saturated carbocycles. The van der Waals surface area contributed by atoms with Gasteiger partial charge in [-0.15, -0.1) is 0 Å². The summed E-state index contributed by atoms with van der Waals surface area (Å²) in [6.07, 6.45) is 0.